The molecule has 130 valence electrons. The monoisotopic (exact) mass is 357 g/mol. The fraction of sp³-hybridized carbons (Fsp3) is 0.316. The van der Waals surface area contributed by atoms with Crippen molar-refractivity contribution in [3.63, 3.8) is 0 Å². The van der Waals surface area contributed by atoms with Gasteiger partial charge < -0.3 is 9.80 Å². The molecule has 0 spiro atoms. The molecule has 0 bridgehead atoms. The lowest BCUT2D eigenvalue weighted by atomic mass is 10.1. The summed E-state index contributed by atoms with van der Waals surface area (Å²) >= 11 is 6.21. The number of amides is 2. The van der Waals surface area contributed by atoms with Crippen molar-refractivity contribution in [2.45, 2.75) is 25.8 Å². The standard InChI is InChI=1S/C19H20ClN3O2/c1-14-12-23(17-5-3-2-4-16(17)20)19(25)13-22(14)18(24)7-6-15-8-10-21-11-9-15/h2-5,8-11,14H,6-7,12-13H2,1H3. The molecule has 2 amide bonds. The van der Waals surface area contributed by atoms with E-state index in [0.717, 1.165) is 5.56 Å². The molecule has 1 aliphatic rings. The molecule has 1 aromatic carbocycles. The van der Waals surface area contributed by atoms with Crippen LogP contribution < -0.4 is 4.90 Å². The molecule has 1 aliphatic heterocycles. The molecule has 2 aromatic rings. The van der Waals surface area contributed by atoms with Crippen molar-refractivity contribution < 1.29 is 9.59 Å². The van der Waals surface area contributed by atoms with Crippen molar-refractivity contribution in [1.29, 1.82) is 0 Å². The number of rotatable bonds is 4. The molecule has 3 rings (SSSR count). The fourth-order valence-corrected chi connectivity index (χ4v) is 3.27. The van der Waals surface area contributed by atoms with Gasteiger partial charge in [0.25, 0.3) is 0 Å². The van der Waals surface area contributed by atoms with E-state index >= 15 is 0 Å². The summed E-state index contributed by atoms with van der Waals surface area (Å²) in [7, 11) is 0. The van der Waals surface area contributed by atoms with Crippen LogP contribution in [0.4, 0.5) is 5.69 Å². The van der Waals surface area contributed by atoms with Crippen LogP contribution in [0.3, 0.4) is 0 Å². The van der Waals surface area contributed by atoms with Crippen LogP contribution in [0, 0.1) is 0 Å². The van der Waals surface area contributed by atoms with Crippen LogP contribution in [-0.2, 0) is 16.0 Å². The first-order valence-corrected chi connectivity index (χ1v) is 8.67. The van der Waals surface area contributed by atoms with E-state index in [2.05, 4.69) is 4.98 Å². The van der Waals surface area contributed by atoms with Crippen molar-refractivity contribution in [1.82, 2.24) is 9.88 Å². The largest absolute Gasteiger partial charge is 0.329 e. The number of anilines is 1. The molecule has 1 atom stereocenters. The molecule has 0 saturated carbocycles. The van der Waals surface area contributed by atoms with Crippen LogP contribution in [-0.4, -0.2) is 40.8 Å². The lowest BCUT2D eigenvalue weighted by Crippen LogP contribution is -2.57. The van der Waals surface area contributed by atoms with E-state index in [1.165, 1.54) is 0 Å². The maximum atomic E-state index is 12.6. The SMILES string of the molecule is CC1CN(c2ccccc2Cl)C(=O)CN1C(=O)CCc1ccncc1. The zero-order chi connectivity index (χ0) is 17.8. The zero-order valence-electron chi connectivity index (χ0n) is 14.1. The van der Waals surface area contributed by atoms with Crippen LogP contribution in [0.2, 0.25) is 5.02 Å². The lowest BCUT2D eigenvalue weighted by molar-refractivity contribution is -0.139. The molecule has 1 aromatic heterocycles. The van der Waals surface area contributed by atoms with Gasteiger partial charge in [-0.05, 0) is 43.2 Å². The molecule has 0 aliphatic carbocycles. The average molecular weight is 358 g/mol. The zero-order valence-corrected chi connectivity index (χ0v) is 14.8. The first kappa shape index (κ1) is 17.4. The van der Waals surface area contributed by atoms with Gasteiger partial charge in [0.2, 0.25) is 11.8 Å². The number of nitrogens with zero attached hydrogens (tertiary/aromatic N) is 3. The smallest absolute Gasteiger partial charge is 0.246 e. The van der Waals surface area contributed by atoms with Crippen molar-refractivity contribution in [2.24, 2.45) is 0 Å². The Labute approximate surface area is 152 Å². The second kappa shape index (κ2) is 7.66. The molecule has 0 N–H and O–H groups in total. The summed E-state index contributed by atoms with van der Waals surface area (Å²) in [6.07, 6.45) is 4.46. The minimum absolute atomic E-state index is 0.00327. The highest BCUT2D eigenvalue weighted by molar-refractivity contribution is 6.33. The number of hydrogen-bond donors (Lipinski definition) is 0. The summed E-state index contributed by atoms with van der Waals surface area (Å²) in [5, 5.41) is 0.542. The maximum absolute atomic E-state index is 12.6. The third-order valence-electron chi connectivity index (χ3n) is 4.43. The van der Waals surface area contributed by atoms with E-state index in [9.17, 15) is 9.59 Å². The molecule has 1 saturated heterocycles. The number of hydrogen-bond acceptors (Lipinski definition) is 3. The number of aryl methyl sites for hydroxylation is 1. The number of pyridine rings is 1. The number of piperazine rings is 1. The van der Waals surface area contributed by atoms with Gasteiger partial charge in [-0.25, -0.2) is 0 Å². The Bertz CT molecular complexity index is 766. The summed E-state index contributed by atoms with van der Waals surface area (Å²) in [6, 6.07) is 11.0. The fourth-order valence-electron chi connectivity index (χ4n) is 3.03. The van der Waals surface area contributed by atoms with Crippen LogP contribution in [0.1, 0.15) is 18.9 Å². The topological polar surface area (TPSA) is 53.5 Å². The minimum atomic E-state index is -0.108. The highest BCUT2D eigenvalue weighted by Crippen LogP contribution is 2.28. The Hall–Kier alpha value is -2.40. The van der Waals surface area contributed by atoms with Gasteiger partial charge in [-0.1, -0.05) is 23.7 Å². The Morgan fingerprint density at radius 1 is 1.24 bits per heavy atom. The Balaban J connectivity index is 1.65. The van der Waals surface area contributed by atoms with Crippen molar-refractivity contribution in [3.05, 3.63) is 59.4 Å². The second-order valence-corrected chi connectivity index (χ2v) is 6.59. The number of carbonyl (C=O) groups is 2. The average Bonchev–Trinajstić information content (AvgIpc) is 2.63. The maximum Gasteiger partial charge on any atom is 0.246 e. The highest BCUT2D eigenvalue weighted by atomic mass is 35.5. The van der Waals surface area contributed by atoms with Gasteiger partial charge >= 0.3 is 0 Å². The first-order valence-electron chi connectivity index (χ1n) is 8.29. The molecule has 6 heteroatoms. The van der Waals surface area contributed by atoms with Crippen LogP contribution in [0.5, 0.6) is 0 Å². The molecule has 25 heavy (non-hydrogen) atoms. The second-order valence-electron chi connectivity index (χ2n) is 6.18. The van der Waals surface area contributed by atoms with E-state index in [0.29, 0.717) is 30.1 Å². The third-order valence-corrected chi connectivity index (χ3v) is 4.75. The van der Waals surface area contributed by atoms with Crippen molar-refractivity contribution >= 4 is 29.1 Å². The van der Waals surface area contributed by atoms with Gasteiger partial charge in [-0.2, -0.15) is 0 Å². The normalized spacial score (nSPS) is 17.7. The predicted octanol–water partition coefficient (Wildman–Crippen LogP) is 2.93. The van der Waals surface area contributed by atoms with E-state index in [4.69, 9.17) is 11.6 Å². The quantitative estimate of drug-likeness (QED) is 0.845. The van der Waals surface area contributed by atoms with Gasteiger partial charge in [0.05, 0.1) is 10.7 Å². The lowest BCUT2D eigenvalue weighted by Gasteiger charge is -2.39. The van der Waals surface area contributed by atoms with Gasteiger partial charge in [0.1, 0.15) is 6.54 Å². The molecular weight excluding hydrogens is 338 g/mol. The van der Waals surface area contributed by atoms with Crippen molar-refractivity contribution in [2.75, 3.05) is 18.0 Å². The third kappa shape index (κ3) is 3.99. The van der Waals surface area contributed by atoms with E-state index in [1.807, 2.05) is 37.3 Å². The predicted molar refractivity (Wildman–Crippen MR) is 97.5 cm³/mol. The highest BCUT2D eigenvalue weighted by Gasteiger charge is 2.33. The van der Waals surface area contributed by atoms with Gasteiger partial charge in [0, 0.05) is 31.4 Å². The molecule has 5 nitrogen and oxygen atoms in total. The van der Waals surface area contributed by atoms with Crippen LogP contribution >= 0.6 is 11.6 Å². The van der Waals surface area contributed by atoms with Crippen LogP contribution in [0.15, 0.2) is 48.8 Å². The number of carbonyl (C=O) groups excluding carboxylic acids is 2. The molecule has 1 fully saturated rings. The molecule has 2 heterocycles. The summed E-state index contributed by atoms with van der Waals surface area (Å²) in [6.45, 7) is 2.49. The Kier molecular flexibility index (Phi) is 5.34. The summed E-state index contributed by atoms with van der Waals surface area (Å²) in [5.74, 6) is -0.111. The summed E-state index contributed by atoms with van der Waals surface area (Å²) in [5.41, 5.74) is 1.77. The minimum Gasteiger partial charge on any atom is -0.329 e. The Morgan fingerprint density at radius 3 is 2.68 bits per heavy atom. The van der Waals surface area contributed by atoms with E-state index in [-0.39, 0.29) is 24.4 Å². The number of halogens is 1. The number of para-hydroxylation sites is 1. The summed E-state index contributed by atoms with van der Waals surface area (Å²) in [4.78, 5) is 32.4. The van der Waals surface area contributed by atoms with Crippen LogP contribution in [0.25, 0.3) is 0 Å². The molecule has 1 unspecified atom stereocenters. The molecule has 0 radical (unpaired) electrons. The van der Waals surface area contributed by atoms with Crippen molar-refractivity contribution in [3.8, 4) is 0 Å². The van der Waals surface area contributed by atoms with E-state index < -0.39 is 0 Å². The van der Waals surface area contributed by atoms with Gasteiger partial charge in [-0.3, -0.25) is 14.6 Å². The number of aromatic nitrogens is 1. The molecular formula is C19H20ClN3O2. The van der Waals surface area contributed by atoms with Gasteiger partial charge in [-0.15, -0.1) is 0 Å². The number of benzene rings is 1. The van der Waals surface area contributed by atoms with E-state index in [1.54, 1.807) is 28.3 Å². The Morgan fingerprint density at radius 2 is 1.96 bits per heavy atom. The first-order chi connectivity index (χ1) is 12.1. The van der Waals surface area contributed by atoms with Gasteiger partial charge in [0.15, 0.2) is 0 Å². The summed E-state index contributed by atoms with van der Waals surface area (Å²) < 4.78 is 0.